The van der Waals surface area contributed by atoms with Crippen LogP contribution in [0, 0.1) is 0 Å². The molecular weight excluding hydrogens is 346 g/mol. The van der Waals surface area contributed by atoms with Crippen LogP contribution in [0.4, 0.5) is 5.69 Å². The predicted molar refractivity (Wildman–Crippen MR) is 102 cm³/mol. The van der Waals surface area contributed by atoms with Gasteiger partial charge in [-0.3, -0.25) is 19.3 Å². The molecule has 27 heavy (non-hydrogen) atoms. The van der Waals surface area contributed by atoms with E-state index >= 15 is 0 Å². The number of carbonyl (C=O) groups is 3. The van der Waals surface area contributed by atoms with Crippen molar-refractivity contribution in [1.82, 2.24) is 9.80 Å². The Balaban J connectivity index is 1.77. The van der Waals surface area contributed by atoms with Crippen molar-refractivity contribution in [3.8, 4) is 5.75 Å². The van der Waals surface area contributed by atoms with E-state index in [1.807, 2.05) is 0 Å². The summed E-state index contributed by atoms with van der Waals surface area (Å²) in [5, 5.41) is 0. The van der Waals surface area contributed by atoms with E-state index < -0.39 is 0 Å². The Morgan fingerprint density at radius 2 is 1.96 bits per heavy atom. The third-order valence-corrected chi connectivity index (χ3v) is 5.47. The summed E-state index contributed by atoms with van der Waals surface area (Å²) in [6, 6.07) is 5.24. The van der Waals surface area contributed by atoms with Crippen LogP contribution >= 0.6 is 0 Å². The van der Waals surface area contributed by atoms with Crippen LogP contribution in [-0.4, -0.2) is 73.8 Å². The number of Topliss-reactive ketones (excluding diaryl/α,β-unsaturated/α-hetero) is 1. The van der Waals surface area contributed by atoms with Crippen LogP contribution < -0.4 is 9.64 Å². The fourth-order valence-corrected chi connectivity index (χ4v) is 3.59. The molecule has 0 saturated carbocycles. The second kappa shape index (κ2) is 8.08. The Labute approximate surface area is 159 Å². The molecule has 146 valence electrons. The molecule has 0 aromatic heterocycles. The monoisotopic (exact) mass is 373 g/mol. The Kier molecular flexibility index (Phi) is 5.79. The number of benzene rings is 1. The molecule has 2 amide bonds. The van der Waals surface area contributed by atoms with Crippen molar-refractivity contribution < 1.29 is 19.1 Å². The Morgan fingerprint density at radius 1 is 1.26 bits per heavy atom. The number of likely N-dealkylation sites (N-methyl/N-ethyl adjacent to an activating group) is 1. The number of anilines is 1. The summed E-state index contributed by atoms with van der Waals surface area (Å²) in [7, 11) is 3.89. The lowest BCUT2D eigenvalue weighted by molar-refractivity contribution is -0.133. The van der Waals surface area contributed by atoms with E-state index in [2.05, 4.69) is 11.9 Å². The van der Waals surface area contributed by atoms with Crippen LogP contribution in [-0.2, 0) is 9.59 Å². The maximum atomic E-state index is 12.8. The lowest BCUT2D eigenvalue weighted by atomic mass is 10.0. The molecule has 2 aliphatic rings. The van der Waals surface area contributed by atoms with Gasteiger partial charge in [0.25, 0.3) is 5.91 Å². The number of likely N-dealkylation sites (tertiary alicyclic amines) is 1. The van der Waals surface area contributed by atoms with Crippen LogP contribution in [0.25, 0.3) is 0 Å². The molecule has 1 fully saturated rings. The highest BCUT2D eigenvalue weighted by Gasteiger charge is 2.31. The van der Waals surface area contributed by atoms with Crippen molar-refractivity contribution in [3.63, 3.8) is 0 Å². The average molecular weight is 373 g/mol. The summed E-state index contributed by atoms with van der Waals surface area (Å²) >= 11 is 0. The molecule has 3 rings (SSSR count). The third kappa shape index (κ3) is 4.13. The highest BCUT2D eigenvalue weighted by atomic mass is 16.5. The lowest BCUT2D eigenvalue weighted by Gasteiger charge is -2.36. The first kappa shape index (κ1) is 19.4. The van der Waals surface area contributed by atoms with Gasteiger partial charge in [0.05, 0.1) is 5.69 Å². The molecule has 0 atom stereocenters. The molecule has 0 spiro atoms. The second-order valence-electron chi connectivity index (χ2n) is 7.27. The fraction of sp³-hybridized carbons (Fsp3) is 0.550. The van der Waals surface area contributed by atoms with Crippen LogP contribution in [0.5, 0.6) is 5.75 Å². The van der Waals surface area contributed by atoms with Gasteiger partial charge in [-0.1, -0.05) is 6.92 Å². The number of rotatable bonds is 5. The van der Waals surface area contributed by atoms with Gasteiger partial charge in [-0.2, -0.15) is 0 Å². The molecule has 0 N–H and O–H groups in total. The minimum Gasteiger partial charge on any atom is -0.482 e. The van der Waals surface area contributed by atoms with Crippen molar-refractivity contribution in [1.29, 1.82) is 0 Å². The van der Waals surface area contributed by atoms with Crippen molar-refractivity contribution in [2.24, 2.45) is 0 Å². The third-order valence-electron chi connectivity index (χ3n) is 5.47. The maximum Gasteiger partial charge on any atom is 0.265 e. The largest absolute Gasteiger partial charge is 0.482 e. The zero-order chi connectivity index (χ0) is 19.6. The molecule has 0 aliphatic carbocycles. The number of hydrogen-bond donors (Lipinski definition) is 0. The zero-order valence-corrected chi connectivity index (χ0v) is 16.2. The molecule has 7 heteroatoms. The molecular formula is C20H27N3O4. The second-order valence-corrected chi connectivity index (χ2v) is 7.27. The summed E-state index contributed by atoms with van der Waals surface area (Å²) < 4.78 is 5.47. The van der Waals surface area contributed by atoms with Gasteiger partial charge in [-0.05, 0) is 51.2 Å². The van der Waals surface area contributed by atoms with Gasteiger partial charge >= 0.3 is 0 Å². The maximum absolute atomic E-state index is 12.8. The summed E-state index contributed by atoms with van der Waals surface area (Å²) in [6.07, 6.45) is 2.24. The number of ether oxygens (including phenoxy) is 1. The summed E-state index contributed by atoms with van der Waals surface area (Å²) in [4.78, 5) is 42.7. The van der Waals surface area contributed by atoms with Gasteiger partial charge in [-0.15, -0.1) is 0 Å². The lowest BCUT2D eigenvalue weighted by Crippen LogP contribution is -2.50. The number of ketones is 1. The van der Waals surface area contributed by atoms with E-state index in [1.165, 1.54) is 4.90 Å². The van der Waals surface area contributed by atoms with Crippen molar-refractivity contribution in [3.05, 3.63) is 23.8 Å². The smallest absolute Gasteiger partial charge is 0.265 e. The number of fused-ring (bicyclic) bond motifs is 1. The number of carbonyl (C=O) groups excluding carboxylic acids is 3. The van der Waals surface area contributed by atoms with Gasteiger partial charge in [0.1, 0.15) is 12.3 Å². The van der Waals surface area contributed by atoms with E-state index in [0.717, 1.165) is 25.9 Å². The first-order valence-electron chi connectivity index (χ1n) is 9.45. The number of nitrogens with zero attached hydrogens (tertiary/aromatic N) is 3. The summed E-state index contributed by atoms with van der Waals surface area (Å²) in [5.74, 6) is 0.147. The molecule has 0 radical (unpaired) electrons. The first-order valence-corrected chi connectivity index (χ1v) is 9.45. The SMILES string of the molecule is CCC(=O)c1ccc2c(c1)N(CC(=O)N(C)C1CCN(C)CC1)C(=O)CO2. The molecule has 0 unspecified atom stereocenters. The van der Waals surface area contributed by atoms with Crippen LogP contribution in [0.1, 0.15) is 36.5 Å². The molecule has 0 bridgehead atoms. The van der Waals surface area contributed by atoms with Crippen LogP contribution in [0.15, 0.2) is 18.2 Å². The van der Waals surface area contributed by atoms with E-state index in [9.17, 15) is 14.4 Å². The van der Waals surface area contributed by atoms with E-state index in [-0.39, 0.29) is 36.8 Å². The standard InChI is InChI=1S/C20H27N3O4/c1-4-17(24)14-5-6-18-16(11-14)23(20(26)13-27-18)12-19(25)22(3)15-7-9-21(2)10-8-15/h5-6,11,15H,4,7-10,12-13H2,1-3H3. The minimum absolute atomic E-state index is 0.00876. The molecule has 1 saturated heterocycles. The van der Waals surface area contributed by atoms with E-state index in [0.29, 0.717) is 23.4 Å². The molecule has 1 aromatic rings. The number of piperidine rings is 1. The van der Waals surface area contributed by atoms with Gasteiger partial charge in [0, 0.05) is 25.1 Å². The van der Waals surface area contributed by atoms with Gasteiger partial charge in [-0.25, -0.2) is 0 Å². The van der Waals surface area contributed by atoms with Gasteiger partial charge < -0.3 is 14.5 Å². The average Bonchev–Trinajstić information content (AvgIpc) is 2.69. The van der Waals surface area contributed by atoms with Crippen LogP contribution in [0.2, 0.25) is 0 Å². The topological polar surface area (TPSA) is 70.2 Å². The van der Waals surface area contributed by atoms with Gasteiger partial charge in [0.15, 0.2) is 12.4 Å². The Morgan fingerprint density at radius 3 is 2.63 bits per heavy atom. The summed E-state index contributed by atoms with van der Waals surface area (Å²) in [6.45, 7) is 3.58. The zero-order valence-electron chi connectivity index (χ0n) is 16.2. The minimum atomic E-state index is -0.270. The van der Waals surface area contributed by atoms with Gasteiger partial charge in [0.2, 0.25) is 5.91 Å². The van der Waals surface area contributed by atoms with Crippen molar-refractivity contribution in [2.45, 2.75) is 32.2 Å². The number of amides is 2. The first-order chi connectivity index (χ1) is 12.9. The normalized spacial score (nSPS) is 18.0. The Bertz CT molecular complexity index is 741. The molecule has 1 aromatic carbocycles. The van der Waals surface area contributed by atoms with Crippen molar-refractivity contribution >= 4 is 23.3 Å². The Hall–Kier alpha value is -2.41. The van der Waals surface area contributed by atoms with Crippen molar-refractivity contribution in [2.75, 3.05) is 45.2 Å². The van der Waals surface area contributed by atoms with E-state index in [1.54, 1.807) is 37.1 Å². The molecule has 2 aliphatic heterocycles. The van der Waals surface area contributed by atoms with Crippen LogP contribution in [0.3, 0.4) is 0 Å². The molecule has 2 heterocycles. The predicted octanol–water partition coefficient (Wildman–Crippen LogP) is 1.56. The number of hydrogen-bond acceptors (Lipinski definition) is 5. The fourth-order valence-electron chi connectivity index (χ4n) is 3.59. The quantitative estimate of drug-likeness (QED) is 0.733. The highest BCUT2D eigenvalue weighted by Crippen LogP contribution is 2.33. The molecule has 7 nitrogen and oxygen atoms in total. The van der Waals surface area contributed by atoms with E-state index in [4.69, 9.17) is 4.74 Å². The highest BCUT2D eigenvalue weighted by molar-refractivity contribution is 6.04. The summed E-state index contributed by atoms with van der Waals surface area (Å²) in [5.41, 5.74) is 1.02.